The molecule has 2 N–H and O–H groups in total. The third kappa shape index (κ3) is 2.90. The summed E-state index contributed by atoms with van der Waals surface area (Å²) in [6.07, 6.45) is 6.03. The second-order valence-electron chi connectivity index (χ2n) is 4.59. The molecular weight excluding hydrogens is 320 g/mol. The van der Waals surface area contributed by atoms with Crippen LogP contribution >= 0.6 is 15.9 Å². The lowest BCUT2D eigenvalue weighted by Gasteiger charge is -2.27. The highest BCUT2D eigenvalue weighted by Gasteiger charge is 2.37. The Kier molecular flexibility index (Phi) is 4.05. The Balaban J connectivity index is 2.27. The molecule has 1 aromatic rings. The molecule has 0 aliphatic heterocycles. The van der Waals surface area contributed by atoms with E-state index in [2.05, 4.69) is 25.6 Å². The van der Waals surface area contributed by atoms with Gasteiger partial charge in [-0.3, -0.25) is 4.98 Å². The van der Waals surface area contributed by atoms with E-state index in [1.807, 2.05) is 0 Å². The molecule has 1 aliphatic rings. The number of aliphatic hydroxyl groups is 1. The molecule has 0 atom stereocenters. The molecule has 100 valence electrons. The molecule has 1 saturated carbocycles. The quantitative estimate of drug-likeness (QED) is 0.872. The van der Waals surface area contributed by atoms with Gasteiger partial charge in [-0.25, -0.2) is 13.1 Å². The van der Waals surface area contributed by atoms with E-state index < -0.39 is 15.6 Å². The van der Waals surface area contributed by atoms with Crippen LogP contribution in [0.3, 0.4) is 0 Å². The van der Waals surface area contributed by atoms with Crippen molar-refractivity contribution in [2.45, 2.75) is 36.1 Å². The summed E-state index contributed by atoms with van der Waals surface area (Å²) in [7, 11) is -3.64. The monoisotopic (exact) mass is 334 g/mol. The van der Waals surface area contributed by atoms with Gasteiger partial charge in [0.1, 0.15) is 4.90 Å². The maximum atomic E-state index is 12.2. The van der Waals surface area contributed by atoms with Crippen LogP contribution in [0.4, 0.5) is 0 Å². The fraction of sp³-hybridized carbons (Fsp3) is 0.545. The lowest BCUT2D eigenvalue weighted by Crippen LogP contribution is -2.49. The zero-order valence-electron chi connectivity index (χ0n) is 9.76. The number of rotatable bonds is 4. The second kappa shape index (κ2) is 5.24. The zero-order chi connectivity index (χ0) is 13.2. The van der Waals surface area contributed by atoms with Gasteiger partial charge in [-0.15, -0.1) is 0 Å². The van der Waals surface area contributed by atoms with Crippen molar-refractivity contribution in [1.29, 1.82) is 0 Å². The van der Waals surface area contributed by atoms with Crippen LogP contribution < -0.4 is 4.72 Å². The van der Waals surface area contributed by atoms with Crippen LogP contribution in [0.5, 0.6) is 0 Å². The number of nitrogens with zero attached hydrogens (tertiary/aromatic N) is 1. The summed E-state index contributed by atoms with van der Waals surface area (Å²) in [6.45, 7) is -0.173. The van der Waals surface area contributed by atoms with Gasteiger partial charge in [0.25, 0.3) is 0 Å². The zero-order valence-corrected chi connectivity index (χ0v) is 12.2. The lowest BCUT2D eigenvalue weighted by molar-refractivity contribution is 0.185. The van der Waals surface area contributed by atoms with Crippen molar-refractivity contribution in [3.63, 3.8) is 0 Å². The highest BCUT2D eigenvalue weighted by atomic mass is 79.9. The number of aromatic nitrogens is 1. The largest absolute Gasteiger partial charge is 0.394 e. The summed E-state index contributed by atoms with van der Waals surface area (Å²) >= 11 is 3.19. The lowest BCUT2D eigenvalue weighted by atomic mass is 10.0. The van der Waals surface area contributed by atoms with Crippen molar-refractivity contribution in [1.82, 2.24) is 9.71 Å². The number of nitrogens with one attached hydrogen (secondary N) is 1. The van der Waals surface area contributed by atoms with Crippen molar-refractivity contribution >= 4 is 26.0 Å². The number of halogens is 1. The maximum Gasteiger partial charge on any atom is 0.242 e. The third-order valence-corrected chi connectivity index (χ3v) is 5.18. The van der Waals surface area contributed by atoms with E-state index >= 15 is 0 Å². The van der Waals surface area contributed by atoms with Crippen molar-refractivity contribution in [2.75, 3.05) is 6.61 Å². The van der Waals surface area contributed by atoms with Crippen LogP contribution in [-0.4, -0.2) is 30.7 Å². The summed E-state index contributed by atoms with van der Waals surface area (Å²) in [5, 5.41) is 9.43. The summed E-state index contributed by atoms with van der Waals surface area (Å²) in [5.41, 5.74) is -0.707. The number of aliphatic hydroxyl groups excluding tert-OH is 1. The average molecular weight is 335 g/mol. The number of hydrogen-bond donors (Lipinski definition) is 2. The fourth-order valence-corrected chi connectivity index (χ4v) is 4.18. The van der Waals surface area contributed by atoms with E-state index in [0.717, 1.165) is 12.8 Å². The number of hydrogen-bond acceptors (Lipinski definition) is 4. The van der Waals surface area contributed by atoms with Crippen LogP contribution in [0.2, 0.25) is 0 Å². The molecule has 7 heteroatoms. The van der Waals surface area contributed by atoms with Gasteiger partial charge in [0, 0.05) is 16.9 Å². The van der Waals surface area contributed by atoms with Crippen LogP contribution in [0.15, 0.2) is 27.8 Å². The molecule has 2 rings (SSSR count). The molecule has 1 heterocycles. The molecule has 0 spiro atoms. The predicted octanol–water partition coefficient (Wildman–Crippen LogP) is 1.43. The molecule has 0 saturated heterocycles. The Hall–Kier alpha value is -0.500. The van der Waals surface area contributed by atoms with Crippen molar-refractivity contribution in [3.05, 3.63) is 22.9 Å². The van der Waals surface area contributed by atoms with Gasteiger partial charge in [0.15, 0.2) is 0 Å². The van der Waals surface area contributed by atoms with E-state index in [1.165, 1.54) is 18.5 Å². The second-order valence-corrected chi connectivity index (χ2v) is 7.19. The molecule has 0 bridgehead atoms. The molecule has 0 amide bonds. The minimum atomic E-state index is -3.64. The van der Waals surface area contributed by atoms with Gasteiger partial charge in [-0.1, -0.05) is 12.8 Å². The topological polar surface area (TPSA) is 79.3 Å². The van der Waals surface area contributed by atoms with Crippen LogP contribution in [0, 0.1) is 0 Å². The molecule has 18 heavy (non-hydrogen) atoms. The van der Waals surface area contributed by atoms with Crippen molar-refractivity contribution < 1.29 is 13.5 Å². The van der Waals surface area contributed by atoms with Gasteiger partial charge in [0.2, 0.25) is 10.0 Å². The summed E-state index contributed by atoms with van der Waals surface area (Å²) in [4.78, 5) is 3.95. The molecule has 0 unspecified atom stereocenters. The smallest absolute Gasteiger partial charge is 0.242 e. The molecule has 1 fully saturated rings. The van der Waals surface area contributed by atoms with E-state index in [0.29, 0.717) is 17.3 Å². The SMILES string of the molecule is O=S(=O)(NC1(CO)CCCC1)c1cncc(Br)c1. The summed E-state index contributed by atoms with van der Waals surface area (Å²) in [5.74, 6) is 0. The van der Waals surface area contributed by atoms with Gasteiger partial charge >= 0.3 is 0 Å². The number of sulfonamides is 1. The minimum absolute atomic E-state index is 0.108. The first-order chi connectivity index (χ1) is 8.47. The first kappa shape index (κ1) is 13.9. The first-order valence-electron chi connectivity index (χ1n) is 5.73. The Morgan fingerprint density at radius 1 is 1.39 bits per heavy atom. The Labute approximate surface area is 115 Å². The molecule has 1 aromatic heterocycles. The molecular formula is C11H15BrN2O3S. The van der Waals surface area contributed by atoms with E-state index in [-0.39, 0.29) is 11.5 Å². The Morgan fingerprint density at radius 3 is 2.61 bits per heavy atom. The van der Waals surface area contributed by atoms with Gasteiger partial charge in [0.05, 0.1) is 12.1 Å². The highest BCUT2D eigenvalue weighted by molar-refractivity contribution is 9.10. The van der Waals surface area contributed by atoms with E-state index in [1.54, 1.807) is 0 Å². The molecule has 5 nitrogen and oxygen atoms in total. The minimum Gasteiger partial charge on any atom is -0.394 e. The molecule has 1 aliphatic carbocycles. The normalized spacial score (nSPS) is 19.0. The van der Waals surface area contributed by atoms with Gasteiger partial charge in [-0.2, -0.15) is 0 Å². The average Bonchev–Trinajstić information content (AvgIpc) is 2.77. The van der Waals surface area contributed by atoms with Crippen LogP contribution in [-0.2, 0) is 10.0 Å². The Bertz CT molecular complexity index is 527. The van der Waals surface area contributed by atoms with E-state index in [9.17, 15) is 13.5 Å². The maximum absolute atomic E-state index is 12.2. The molecule has 0 aromatic carbocycles. The number of pyridine rings is 1. The van der Waals surface area contributed by atoms with Gasteiger partial charge in [-0.05, 0) is 34.8 Å². The predicted molar refractivity (Wildman–Crippen MR) is 70.5 cm³/mol. The standard InChI is InChI=1S/C11H15BrN2O3S/c12-9-5-10(7-13-6-9)18(16,17)14-11(8-15)3-1-2-4-11/h5-7,14-15H,1-4,8H2. The fourth-order valence-electron chi connectivity index (χ4n) is 2.23. The van der Waals surface area contributed by atoms with Crippen molar-refractivity contribution in [2.24, 2.45) is 0 Å². The van der Waals surface area contributed by atoms with Crippen LogP contribution in [0.1, 0.15) is 25.7 Å². The molecule has 0 radical (unpaired) electrons. The Morgan fingerprint density at radius 2 is 2.06 bits per heavy atom. The third-order valence-electron chi connectivity index (χ3n) is 3.20. The van der Waals surface area contributed by atoms with Crippen molar-refractivity contribution in [3.8, 4) is 0 Å². The summed E-state index contributed by atoms with van der Waals surface area (Å²) < 4.78 is 27.7. The van der Waals surface area contributed by atoms with Gasteiger partial charge < -0.3 is 5.11 Å². The van der Waals surface area contributed by atoms with E-state index in [4.69, 9.17) is 0 Å². The summed E-state index contributed by atoms with van der Waals surface area (Å²) in [6, 6.07) is 1.50. The highest BCUT2D eigenvalue weighted by Crippen LogP contribution is 2.31. The first-order valence-corrected chi connectivity index (χ1v) is 8.00. The van der Waals surface area contributed by atoms with Crippen LogP contribution in [0.25, 0.3) is 0 Å².